The van der Waals surface area contributed by atoms with Gasteiger partial charge in [-0.3, -0.25) is 5.32 Å². The van der Waals surface area contributed by atoms with Gasteiger partial charge in [-0.05, 0) is 61.3 Å². The third-order valence-electron chi connectivity index (χ3n) is 2.99. The number of carbonyl (C=O) groups is 1. The quantitative estimate of drug-likeness (QED) is 0.788. The molecular formula is C16H19BrClN3O2. The maximum atomic E-state index is 11.8. The van der Waals surface area contributed by atoms with E-state index >= 15 is 0 Å². The molecule has 0 unspecified atom stereocenters. The molecule has 0 aliphatic heterocycles. The predicted octanol–water partition coefficient (Wildman–Crippen LogP) is 5.00. The molecule has 0 spiro atoms. The van der Waals surface area contributed by atoms with Crippen LogP contribution < -0.4 is 5.32 Å². The summed E-state index contributed by atoms with van der Waals surface area (Å²) in [5.74, 6) is 0.892. The van der Waals surface area contributed by atoms with Crippen molar-refractivity contribution in [3.8, 4) is 0 Å². The summed E-state index contributed by atoms with van der Waals surface area (Å²) in [6, 6.07) is 5.39. The van der Waals surface area contributed by atoms with Crippen LogP contribution in [0.25, 0.3) is 0 Å². The lowest BCUT2D eigenvalue weighted by Crippen LogP contribution is -2.27. The van der Waals surface area contributed by atoms with Gasteiger partial charge in [0.05, 0.1) is 6.54 Å². The van der Waals surface area contributed by atoms with Crippen molar-refractivity contribution < 1.29 is 9.53 Å². The number of anilines is 1. The van der Waals surface area contributed by atoms with Gasteiger partial charge in [-0.1, -0.05) is 17.7 Å². The van der Waals surface area contributed by atoms with Crippen LogP contribution in [0.5, 0.6) is 0 Å². The number of aryl methyl sites for hydroxylation is 1. The molecule has 0 aliphatic carbocycles. The number of rotatable bonds is 3. The minimum atomic E-state index is -0.542. The second-order valence-electron chi connectivity index (χ2n) is 6.17. The van der Waals surface area contributed by atoms with Gasteiger partial charge in [0.1, 0.15) is 16.0 Å². The molecular weight excluding hydrogens is 382 g/mol. The number of benzene rings is 1. The highest BCUT2D eigenvalue weighted by atomic mass is 79.9. The lowest BCUT2D eigenvalue weighted by atomic mass is 10.2. The Morgan fingerprint density at radius 3 is 2.65 bits per heavy atom. The van der Waals surface area contributed by atoms with E-state index in [9.17, 15) is 4.79 Å². The van der Waals surface area contributed by atoms with Gasteiger partial charge in [-0.2, -0.15) is 0 Å². The van der Waals surface area contributed by atoms with Gasteiger partial charge in [-0.25, -0.2) is 9.78 Å². The molecule has 1 amide bonds. The molecule has 7 heteroatoms. The molecule has 0 saturated carbocycles. The third kappa shape index (κ3) is 5.25. The second kappa shape index (κ2) is 6.93. The number of ether oxygens (including phenoxy) is 1. The van der Waals surface area contributed by atoms with Gasteiger partial charge >= 0.3 is 6.09 Å². The number of nitrogens with one attached hydrogen (secondary N) is 1. The predicted molar refractivity (Wildman–Crippen MR) is 95.1 cm³/mol. The Balaban J connectivity index is 2.09. The summed E-state index contributed by atoms with van der Waals surface area (Å²) < 4.78 is 7.99. The number of halogens is 2. The van der Waals surface area contributed by atoms with Crippen LogP contribution in [0.2, 0.25) is 5.02 Å². The molecule has 0 saturated heterocycles. The monoisotopic (exact) mass is 399 g/mol. The molecule has 23 heavy (non-hydrogen) atoms. The SMILES string of the molecule is Cc1nc(Br)cn1Cc1ccc(NC(=O)OC(C)(C)C)cc1Cl. The molecule has 2 aromatic rings. The van der Waals surface area contributed by atoms with E-state index < -0.39 is 11.7 Å². The van der Waals surface area contributed by atoms with Crippen molar-refractivity contribution in [1.82, 2.24) is 9.55 Å². The van der Waals surface area contributed by atoms with E-state index in [2.05, 4.69) is 26.2 Å². The van der Waals surface area contributed by atoms with Gasteiger partial charge in [0.15, 0.2) is 0 Å². The standard InChI is InChI=1S/C16H19BrClN3O2/c1-10-19-14(17)9-21(10)8-11-5-6-12(7-13(11)18)20-15(22)23-16(2,3)4/h5-7,9H,8H2,1-4H3,(H,20,22). The topological polar surface area (TPSA) is 56.2 Å². The van der Waals surface area contributed by atoms with Crippen LogP contribution >= 0.6 is 27.5 Å². The Bertz CT molecular complexity index is 723. The fourth-order valence-electron chi connectivity index (χ4n) is 1.99. The van der Waals surface area contributed by atoms with Crippen molar-refractivity contribution in [2.75, 3.05) is 5.32 Å². The highest BCUT2D eigenvalue weighted by Crippen LogP contribution is 2.23. The van der Waals surface area contributed by atoms with Crippen LogP contribution in [-0.2, 0) is 11.3 Å². The summed E-state index contributed by atoms with van der Waals surface area (Å²) in [6.07, 6.45) is 1.40. The number of aromatic nitrogens is 2. The van der Waals surface area contributed by atoms with E-state index in [1.54, 1.807) is 12.1 Å². The van der Waals surface area contributed by atoms with E-state index in [4.69, 9.17) is 16.3 Å². The molecule has 5 nitrogen and oxygen atoms in total. The molecule has 0 radical (unpaired) electrons. The minimum Gasteiger partial charge on any atom is -0.444 e. The van der Waals surface area contributed by atoms with Crippen LogP contribution in [0.3, 0.4) is 0 Å². The number of imidazole rings is 1. The Hall–Kier alpha value is -1.53. The number of carbonyl (C=O) groups excluding carboxylic acids is 1. The molecule has 0 aliphatic rings. The van der Waals surface area contributed by atoms with Gasteiger partial charge in [-0.15, -0.1) is 0 Å². The maximum absolute atomic E-state index is 11.8. The van der Waals surface area contributed by atoms with Crippen LogP contribution in [0.15, 0.2) is 29.0 Å². The summed E-state index contributed by atoms with van der Waals surface area (Å²) >= 11 is 9.67. The van der Waals surface area contributed by atoms with Crippen LogP contribution in [0, 0.1) is 6.92 Å². The van der Waals surface area contributed by atoms with E-state index in [0.717, 1.165) is 16.0 Å². The van der Waals surface area contributed by atoms with E-state index in [1.165, 1.54) is 0 Å². The Morgan fingerprint density at radius 1 is 1.43 bits per heavy atom. The first-order valence-electron chi connectivity index (χ1n) is 7.12. The minimum absolute atomic E-state index is 0.504. The summed E-state index contributed by atoms with van der Waals surface area (Å²) in [4.78, 5) is 16.1. The highest BCUT2D eigenvalue weighted by Gasteiger charge is 2.16. The molecule has 0 fully saturated rings. The first-order chi connectivity index (χ1) is 10.6. The fourth-order valence-corrected chi connectivity index (χ4v) is 2.73. The molecule has 1 N–H and O–H groups in total. The van der Waals surface area contributed by atoms with Gasteiger partial charge < -0.3 is 9.30 Å². The molecule has 2 rings (SSSR count). The average Bonchev–Trinajstić information content (AvgIpc) is 2.68. The smallest absolute Gasteiger partial charge is 0.412 e. The highest BCUT2D eigenvalue weighted by molar-refractivity contribution is 9.10. The third-order valence-corrected chi connectivity index (χ3v) is 3.72. The number of hydrogen-bond acceptors (Lipinski definition) is 3. The summed E-state index contributed by atoms with van der Waals surface area (Å²) in [5, 5.41) is 3.25. The Morgan fingerprint density at radius 2 is 2.13 bits per heavy atom. The molecule has 1 aromatic heterocycles. The van der Waals surface area contributed by atoms with Gasteiger partial charge in [0, 0.05) is 16.9 Å². The second-order valence-corrected chi connectivity index (χ2v) is 7.39. The van der Waals surface area contributed by atoms with E-state index in [-0.39, 0.29) is 0 Å². The van der Waals surface area contributed by atoms with Gasteiger partial charge in [0.25, 0.3) is 0 Å². The zero-order chi connectivity index (χ0) is 17.2. The Kier molecular flexibility index (Phi) is 5.37. The van der Waals surface area contributed by atoms with E-state index in [1.807, 2.05) is 44.5 Å². The van der Waals surface area contributed by atoms with Crippen molar-refractivity contribution >= 4 is 39.3 Å². The zero-order valence-electron chi connectivity index (χ0n) is 13.5. The summed E-state index contributed by atoms with van der Waals surface area (Å²) in [7, 11) is 0. The average molecular weight is 401 g/mol. The lowest BCUT2D eigenvalue weighted by Gasteiger charge is -2.19. The first-order valence-corrected chi connectivity index (χ1v) is 8.29. The van der Waals surface area contributed by atoms with Crippen molar-refractivity contribution in [1.29, 1.82) is 0 Å². The molecule has 1 heterocycles. The summed E-state index contributed by atoms with van der Waals surface area (Å²) in [6.45, 7) is 7.98. The Labute approximate surface area is 149 Å². The van der Waals surface area contributed by atoms with Crippen molar-refractivity contribution in [3.63, 3.8) is 0 Å². The van der Waals surface area contributed by atoms with Gasteiger partial charge in [0.2, 0.25) is 0 Å². The van der Waals surface area contributed by atoms with Crippen molar-refractivity contribution in [2.24, 2.45) is 0 Å². The number of nitrogens with zero attached hydrogens (tertiary/aromatic N) is 2. The first kappa shape index (κ1) is 17.8. The van der Waals surface area contributed by atoms with Crippen molar-refractivity contribution in [3.05, 3.63) is 45.4 Å². The summed E-state index contributed by atoms with van der Waals surface area (Å²) in [5.41, 5.74) is 0.992. The number of hydrogen-bond donors (Lipinski definition) is 1. The van der Waals surface area contributed by atoms with Crippen LogP contribution in [-0.4, -0.2) is 21.2 Å². The zero-order valence-corrected chi connectivity index (χ0v) is 15.8. The molecule has 1 aromatic carbocycles. The largest absolute Gasteiger partial charge is 0.444 e. The number of amides is 1. The molecule has 0 bridgehead atoms. The lowest BCUT2D eigenvalue weighted by molar-refractivity contribution is 0.0636. The van der Waals surface area contributed by atoms with Crippen LogP contribution in [0.1, 0.15) is 32.2 Å². The fraction of sp³-hybridized carbons (Fsp3) is 0.375. The van der Waals surface area contributed by atoms with Crippen LogP contribution in [0.4, 0.5) is 10.5 Å². The normalized spacial score (nSPS) is 11.4. The molecule has 124 valence electrons. The maximum Gasteiger partial charge on any atom is 0.412 e. The molecule has 0 atom stereocenters. The van der Waals surface area contributed by atoms with Crippen molar-refractivity contribution in [2.45, 2.75) is 39.8 Å². The van der Waals surface area contributed by atoms with E-state index in [0.29, 0.717) is 17.3 Å².